The normalized spacial score (nSPS) is 11.5. The Kier molecular flexibility index (Phi) is 6.28. The fraction of sp³-hybridized carbons (Fsp3) is 0.278. The van der Waals surface area contributed by atoms with Crippen LogP contribution in [0, 0.1) is 13.8 Å². The van der Waals surface area contributed by atoms with E-state index < -0.39 is 10.0 Å². The van der Waals surface area contributed by atoms with Crippen LogP contribution in [0.1, 0.15) is 17.2 Å². The van der Waals surface area contributed by atoms with Gasteiger partial charge in [0.15, 0.2) is 0 Å². The minimum absolute atomic E-state index is 0.121. The lowest BCUT2D eigenvalue weighted by atomic mass is 10.2. The summed E-state index contributed by atoms with van der Waals surface area (Å²) in [5.41, 5.74) is 0.639. The van der Waals surface area contributed by atoms with Crippen molar-refractivity contribution in [3.8, 4) is 5.82 Å². The van der Waals surface area contributed by atoms with Gasteiger partial charge in [0.05, 0.1) is 5.75 Å². The minimum Gasteiger partial charge on any atom is -0.369 e. The molecule has 0 radical (unpaired) electrons. The molecular formula is C18H21ClN6O2S. The highest BCUT2D eigenvalue weighted by Gasteiger charge is 2.11. The van der Waals surface area contributed by atoms with Crippen molar-refractivity contribution in [1.82, 2.24) is 24.2 Å². The molecule has 3 aromatic rings. The molecule has 0 fully saturated rings. The van der Waals surface area contributed by atoms with E-state index in [1.54, 1.807) is 43.5 Å². The van der Waals surface area contributed by atoms with E-state index in [4.69, 9.17) is 11.6 Å². The van der Waals surface area contributed by atoms with Crippen molar-refractivity contribution < 1.29 is 8.42 Å². The lowest BCUT2D eigenvalue weighted by Crippen LogP contribution is -2.30. The Morgan fingerprint density at radius 2 is 1.96 bits per heavy atom. The molecule has 0 unspecified atom stereocenters. The SMILES string of the molecule is Cc1nc(NCCNS(=O)(=O)Cc2cccc(Cl)c2)cc(-n2ccnc2C)n1. The molecule has 0 aliphatic carbocycles. The number of nitrogens with one attached hydrogen (secondary N) is 2. The molecule has 0 saturated heterocycles. The number of aryl methyl sites for hydroxylation is 2. The summed E-state index contributed by atoms with van der Waals surface area (Å²) in [6.07, 6.45) is 3.53. The van der Waals surface area contributed by atoms with Crippen LogP contribution < -0.4 is 10.0 Å². The summed E-state index contributed by atoms with van der Waals surface area (Å²) in [5.74, 6) is 2.62. The molecule has 2 heterocycles. The maximum Gasteiger partial charge on any atom is 0.215 e. The fourth-order valence-corrected chi connectivity index (χ4v) is 4.03. The van der Waals surface area contributed by atoms with E-state index in [-0.39, 0.29) is 12.3 Å². The zero-order chi connectivity index (χ0) is 20.1. The second-order valence-electron chi connectivity index (χ2n) is 6.21. The number of anilines is 1. The van der Waals surface area contributed by atoms with Crippen molar-refractivity contribution in [1.29, 1.82) is 0 Å². The molecular weight excluding hydrogens is 400 g/mol. The number of aromatic nitrogens is 4. The molecule has 148 valence electrons. The van der Waals surface area contributed by atoms with Crippen LogP contribution in [-0.2, 0) is 15.8 Å². The average Bonchev–Trinajstić information content (AvgIpc) is 3.04. The van der Waals surface area contributed by atoms with Gasteiger partial charge in [-0.3, -0.25) is 4.57 Å². The Morgan fingerprint density at radius 3 is 2.68 bits per heavy atom. The predicted molar refractivity (Wildman–Crippen MR) is 109 cm³/mol. The zero-order valence-corrected chi connectivity index (χ0v) is 17.1. The summed E-state index contributed by atoms with van der Waals surface area (Å²) >= 11 is 5.90. The van der Waals surface area contributed by atoms with Crippen molar-refractivity contribution in [2.24, 2.45) is 0 Å². The number of imidazole rings is 1. The molecule has 2 N–H and O–H groups in total. The molecule has 0 amide bonds. The second-order valence-corrected chi connectivity index (χ2v) is 8.46. The van der Waals surface area contributed by atoms with Crippen LogP contribution in [0.3, 0.4) is 0 Å². The highest BCUT2D eigenvalue weighted by molar-refractivity contribution is 7.88. The largest absolute Gasteiger partial charge is 0.369 e. The molecule has 10 heteroatoms. The van der Waals surface area contributed by atoms with E-state index in [0.29, 0.717) is 34.6 Å². The third-order valence-corrected chi connectivity index (χ3v) is 5.49. The minimum atomic E-state index is -3.46. The summed E-state index contributed by atoms with van der Waals surface area (Å²) in [6.45, 7) is 4.30. The number of sulfonamides is 1. The van der Waals surface area contributed by atoms with Crippen LogP contribution in [0.2, 0.25) is 5.02 Å². The number of hydrogen-bond acceptors (Lipinski definition) is 6. The monoisotopic (exact) mass is 420 g/mol. The molecule has 1 aromatic carbocycles. The van der Waals surface area contributed by atoms with Crippen LogP contribution in [0.15, 0.2) is 42.7 Å². The van der Waals surface area contributed by atoms with Gasteiger partial charge in [0.25, 0.3) is 0 Å². The van der Waals surface area contributed by atoms with Crippen molar-refractivity contribution in [2.75, 3.05) is 18.4 Å². The van der Waals surface area contributed by atoms with Gasteiger partial charge >= 0.3 is 0 Å². The first-order valence-corrected chi connectivity index (χ1v) is 10.7. The topological polar surface area (TPSA) is 102 Å². The van der Waals surface area contributed by atoms with Gasteiger partial charge in [0.2, 0.25) is 10.0 Å². The lowest BCUT2D eigenvalue weighted by Gasteiger charge is -2.11. The predicted octanol–water partition coefficient (Wildman–Crippen LogP) is 2.46. The van der Waals surface area contributed by atoms with Gasteiger partial charge in [-0.05, 0) is 31.5 Å². The number of nitrogens with zero attached hydrogens (tertiary/aromatic N) is 4. The smallest absolute Gasteiger partial charge is 0.215 e. The molecule has 0 bridgehead atoms. The summed E-state index contributed by atoms with van der Waals surface area (Å²) in [6, 6.07) is 8.60. The van der Waals surface area contributed by atoms with E-state index in [9.17, 15) is 8.42 Å². The first-order chi connectivity index (χ1) is 13.3. The summed E-state index contributed by atoms with van der Waals surface area (Å²) in [4.78, 5) is 12.9. The van der Waals surface area contributed by atoms with E-state index in [1.807, 2.05) is 17.7 Å². The van der Waals surface area contributed by atoms with E-state index >= 15 is 0 Å². The van der Waals surface area contributed by atoms with Crippen LogP contribution in [0.4, 0.5) is 5.82 Å². The zero-order valence-electron chi connectivity index (χ0n) is 15.6. The Bertz CT molecular complexity index is 1070. The first kappa shape index (κ1) is 20.2. The molecule has 3 rings (SSSR count). The maximum absolute atomic E-state index is 12.2. The van der Waals surface area contributed by atoms with Gasteiger partial charge in [-0.2, -0.15) is 0 Å². The molecule has 2 aromatic heterocycles. The Hall–Kier alpha value is -2.49. The molecule has 0 spiro atoms. The van der Waals surface area contributed by atoms with Crippen LogP contribution >= 0.6 is 11.6 Å². The molecule has 0 aliphatic heterocycles. The molecule has 0 atom stereocenters. The standard InChI is InChI=1S/C18H21ClN6O2S/c1-13-23-17(11-18(24-13)25-9-8-20-14(25)2)21-6-7-22-28(26,27)12-15-4-3-5-16(19)10-15/h3-5,8-11,22H,6-7,12H2,1-2H3,(H,21,23,24). The first-order valence-electron chi connectivity index (χ1n) is 8.64. The quantitative estimate of drug-likeness (QED) is 0.543. The molecule has 0 saturated carbocycles. The summed E-state index contributed by atoms with van der Waals surface area (Å²) < 4.78 is 28.8. The molecule has 28 heavy (non-hydrogen) atoms. The fourth-order valence-electron chi connectivity index (χ4n) is 2.68. The Balaban J connectivity index is 1.56. The Labute approximate surface area is 169 Å². The maximum atomic E-state index is 12.2. The summed E-state index contributed by atoms with van der Waals surface area (Å²) in [7, 11) is -3.46. The number of hydrogen-bond donors (Lipinski definition) is 2. The van der Waals surface area contributed by atoms with Crippen LogP contribution in [0.5, 0.6) is 0 Å². The van der Waals surface area contributed by atoms with Gasteiger partial charge in [-0.25, -0.2) is 28.1 Å². The number of rotatable bonds is 8. The lowest BCUT2D eigenvalue weighted by molar-refractivity contribution is 0.582. The molecule has 0 aliphatic rings. The number of halogens is 1. The Morgan fingerprint density at radius 1 is 1.14 bits per heavy atom. The summed E-state index contributed by atoms with van der Waals surface area (Å²) in [5, 5.41) is 3.63. The highest BCUT2D eigenvalue weighted by atomic mass is 35.5. The van der Waals surface area contributed by atoms with Crippen molar-refractivity contribution in [3.05, 3.63) is 65.0 Å². The van der Waals surface area contributed by atoms with Gasteiger partial charge < -0.3 is 5.32 Å². The van der Waals surface area contributed by atoms with Gasteiger partial charge in [0.1, 0.15) is 23.3 Å². The van der Waals surface area contributed by atoms with Crippen molar-refractivity contribution >= 4 is 27.4 Å². The third-order valence-electron chi connectivity index (χ3n) is 3.90. The van der Waals surface area contributed by atoms with Gasteiger partial charge in [-0.1, -0.05) is 23.7 Å². The average molecular weight is 421 g/mol. The van der Waals surface area contributed by atoms with Crippen LogP contribution in [-0.4, -0.2) is 41.0 Å². The van der Waals surface area contributed by atoms with Crippen molar-refractivity contribution in [2.45, 2.75) is 19.6 Å². The van der Waals surface area contributed by atoms with Crippen molar-refractivity contribution in [3.63, 3.8) is 0 Å². The van der Waals surface area contributed by atoms with Crippen LogP contribution in [0.25, 0.3) is 5.82 Å². The molecule has 8 nitrogen and oxygen atoms in total. The highest BCUT2D eigenvalue weighted by Crippen LogP contribution is 2.14. The van der Waals surface area contributed by atoms with E-state index in [1.165, 1.54) is 0 Å². The van der Waals surface area contributed by atoms with Gasteiger partial charge in [0, 0.05) is 36.6 Å². The second kappa shape index (κ2) is 8.68. The van der Waals surface area contributed by atoms with Gasteiger partial charge in [-0.15, -0.1) is 0 Å². The third kappa shape index (κ3) is 5.51. The van der Waals surface area contributed by atoms with E-state index in [0.717, 1.165) is 5.82 Å². The number of benzene rings is 1. The van der Waals surface area contributed by atoms with E-state index in [2.05, 4.69) is 25.0 Å².